The van der Waals surface area contributed by atoms with Crippen molar-refractivity contribution in [1.82, 2.24) is 10.3 Å². The molecule has 4 heteroatoms. The van der Waals surface area contributed by atoms with E-state index in [9.17, 15) is 5.26 Å². The van der Waals surface area contributed by atoms with Gasteiger partial charge in [0.25, 0.3) is 0 Å². The first-order chi connectivity index (χ1) is 11.9. The number of nitrogens with zero attached hydrogens (tertiary/aromatic N) is 3. The van der Waals surface area contributed by atoms with Crippen LogP contribution in [-0.2, 0) is 12.8 Å². The Bertz CT molecular complexity index is 770. The summed E-state index contributed by atoms with van der Waals surface area (Å²) in [4.78, 5) is 7.30. The zero-order valence-electron chi connectivity index (χ0n) is 13.9. The molecule has 1 fully saturated rings. The molecule has 1 aromatic carbocycles. The smallest absolute Gasteiger partial charge is 0.147 e. The number of nitriles is 1. The molecule has 122 valence electrons. The summed E-state index contributed by atoms with van der Waals surface area (Å²) in [5.41, 5.74) is 5.59. The first-order valence-electron chi connectivity index (χ1n) is 8.85. The van der Waals surface area contributed by atoms with Gasteiger partial charge < -0.3 is 10.2 Å². The third-order valence-corrected chi connectivity index (χ3v) is 5.07. The summed E-state index contributed by atoms with van der Waals surface area (Å²) in [6, 6.07) is 12.9. The first-order valence-corrected chi connectivity index (χ1v) is 8.85. The summed E-state index contributed by atoms with van der Waals surface area (Å²) < 4.78 is 0. The van der Waals surface area contributed by atoms with Crippen LogP contribution in [0.25, 0.3) is 11.3 Å². The van der Waals surface area contributed by atoms with Crippen molar-refractivity contribution in [2.24, 2.45) is 0 Å². The molecule has 1 aliphatic heterocycles. The maximum atomic E-state index is 9.83. The van der Waals surface area contributed by atoms with E-state index >= 15 is 0 Å². The molecule has 0 bridgehead atoms. The number of fused-ring (bicyclic) bond motifs is 1. The quantitative estimate of drug-likeness (QED) is 0.925. The minimum absolute atomic E-state index is 0.811. The minimum Gasteiger partial charge on any atom is -0.353 e. The summed E-state index contributed by atoms with van der Waals surface area (Å²) in [6.07, 6.45) is 4.38. The maximum absolute atomic E-state index is 9.83. The molecule has 1 saturated heterocycles. The van der Waals surface area contributed by atoms with Gasteiger partial charge in [0.05, 0.1) is 11.3 Å². The summed E-state index contributed by atoms with van der Waals surface area (Å²) in [6.45, 7) is 3.72. The minimum atomic E-state index is 0.811. The van der Waals surface area contributed by atoms with Crippen LogP contribution in [0, 0.1) is 11.3 Å². The van der Waals surface area contributed by atoms with Crippen LogP contribution < -0.4 is 10.2 Å². The van der Waals surface area contributed by atoms with Crippen LogP contribution in [0.15, 0.2) is 30.3 Å². The highest BCUT2D eigenvalue weighted by Crippen LogP contribution is 2.36. The van der Waals surface area contributed by atoms with Crippen LogP contribution in [0.1, 0.15) is 29.5 Å². The summed E-state index contributed by atoms with van der Waals surface area (Å²) in [5.74, 6) is 0.888. The van der Waals surface area contributed by atoms with Crippen molar-refractivity contribution in [3.63, 3.8) is 0 Å². The van der Waals surface area contributed by atoms with Crippen molar-refractivity contribution in [2.45, 2.75) is 25.7 Å². The van der Waals surface area contributed by atoms with Gasteiger partial charge in [0, 0.05) is 31.7 Å². The SMILES string of the molecule is N#Cc1c(N2CCNCC2)nc(-c2ccccc2)c2c1CCCC2. The number of nitrogens with one attached hydrogen (secondary N) is 1. The molecular formula is C20H22N4. The molecule has 2 heterocycles. The Labute approximate surface area is 143 Å². The third kappa shape index (κ3) is 2.65. The highest BCUT2D eigenvalue weighted by Gasteiger charge is 2.25. The van der Waals surface area contributed by atoms with E-state index in [0.29, 0.717) is 0 Å². The lowest BCUT2D eigenvalue weighted by molar-refractivity contribution is 0.583. The third-order valence-electron chi connectivity index (χ3n) is 5.07. The molecule has 0 saturated carbocycles. The average Bonchev–Trinajstić information content (AvgIpc) is 2.68. The second kappa shape index (κ2) is 6.62. The average molecular weight is 318 g/mol. The van der Waals surface area contributed by atoms with E-state index in [4.69, 9.17) is 4.98 Å². The van der Waals surface area contributed by atoms with Gasteiger partial charge in [-0.15, -0.1) is 0 Å². The predicted octanol–water partition coefficient (Wildman–Crippen LogP) is 2.91. The van der Waals surface area contributed by atoms with Gasteiger partial charge in [-0.3, -0.25) is 0 Å². The van der Waals surface area contributed by atoms with Gasteiger partial charge in [-0.05, 0) is 36.8 Å². The molecular weight excluding hydrogens is 296 g/mol. The normalized spacial score (nSPS) is 17.2. The van der Waals surface area contributed by atoms with Crippen LogP contribution in [0.2, 0.25) is 0 Å². The number of anilines is 1. The van der Waals surface area contributed by atoms with E-state index in [0.717, 1.165) is 61.7 Å². The number of piperazine rings is 1. The van der Waals surface area contributed by atoms with Crippen molar-refractivity contribution in [3.05, 3.63) is 47.0 Å². The lowest BCUT2D eigenvalue weighted by atomic mass is 9.86. The van der Waals surface area contributed by atoms with E-state index in [-0.39, 0.29) is 0 Å². The van der Waals surface area contributed by atoms with Crippen molar-refractivity contribution < 1.29 is 0 Å². The summed E-state index contributed by atoms with van der Waals surface area (Å²) in [5, 5.41) is 13.2. The lowest BCUT2D eigenvalue weighted by Crippen LogP contribution is -2.44. The fraction of sp³-hybridized carbons (Fsp3) is 0.400. The molecule has 0 amide bonds. The van der Waals surface area contributed by atoms with E-state index in [2.05, 4.69) is 40.6 Å². The predicted molar refractivity (Wildman–Crippen MR) is 96.1 cm³/mol. The Morgan fingerprint density at radius 3 is 2.42 bits per heavy atom. The molecule has 1 N–H and O–H groups in total. The van der Waals surface area contributed by atoms with Crippen LogP contribution in [0.4, 0.5) is 5.82 Å². The molecule has 0 atom stereocenters. The lowest BCUT2D eigenvalue weighted by Gasteiger charge is -2.31. The number of hydrogen-bond acceptors (Lipinski definition) is 4. The molecule has 4 rings (SSSR count). The van der Waals surface area contributed by atoms with Crippen LogP contribution in [-0.4, -0.2) is 31.2 Å². The highest BCUT2D eigenvalue weighted by atomic mass is 15.2. The number of hydrogen-bond donors (Lipinski definition) is 1. The Morgan fingerprint density at radius 2 is 1.71 bits per heavy atom. The summed E-state index contributed by atoms with van der Waals surface area (Å²) in [7, 11) is 0. The van der Waals surface area contributed by atoms with Crippen LogP contribution in [0.5, 0.6) is 0 Å². The monoisotopic (exact) mass is 318 g/mol. The molecule has 1 aliphatic carbocycles. The Kier molecular flexibility index (Phi) is 4.18. The van der Waals surface area contributed by atoms with Gasteiger partial charge >= 0.3 is 0 Å². The van der Waals surface area contributed by atoms with Crippen LogP contribution in [0.3, 0.4) is 0 Å². The number of pyridine rings is 1. The van der Waals surface area contributed by atoms with Crippen molar-refractivity contribution in [3.8, 4) is 17.3 Å². The van der Waals surface area contributed by atoms with E-state index in [1.165, 1.54) is 24.0 Å². The largest absolute Gasteiger partial charge is 0.353 e. The molecule has 4 nitrogen and oxygen atoms in total. The topological polar surface area (TPSA) is 52.0 Å². The molecule has 2 aliphatic rings. The highest BCUT2D eigenvalue weighted by molar-refractivity contribution is 5.72. The van der Waals surface area contributed by atoms with Gasteiger partial charge in [-0.25, -0.2) is 4.98 Å². The fourth-order valence-electron chi connectivity index (χ4n) is 3.86. The van der Waals surface area contributed by atoms with Gasteiger partial charge in [-0.1, -0.05) is 30.3 Å². The van der Waals surface area contributed by atoms with E-state index in [1.807, 2.05) is 6.07 Å². The maximum Gasteiger partial charge on any atom is 0.147 e. The van der Waals surface area contributed by atoms with Crippen LogP contribution >= 0.6 is 0 Å². The molecule has 0 unspecified atom stereocenters. The first kappa shape index (κ1) is 15.2. The van der Waals surface area contributed by atoms with Crippen molar-refractivity contribution in [2.75, 3.05) is 31.1 Å². The van der Waals surface area contributed by atoms with E-state index in [1.54, 1.807) is 0 Å². The fourth-order valence-corrected chi connectivity index (χ4v) is 3.86. The molecule has 24 heavy (non-hydrogen) atoms. The molecule has 0 radical (unpaired) electrons. The molecule has 0 spiro atoms. The molecule has 1 aromatic heterocycles. The van der Waals surface area contributed by atoms with Gasteiger partial charge in [0.15, 0.2) is 0 Å². The van der Waals surface area contributed by atoms with E-state index < -0.39 is 0 Å². The van der Waals surface area contributed by atoms with Gasteiger partial charge in [0.2, 0.25) is 0 Å². The van der Waals surface area contributed by atoms with Gasteiger partial charge in [0.1, 0.15) is 11.9 Å². The number of aromatic nitrogens is 1. The Hall–Kier alpha value is -2.38. The molecule has 2 aromatic rings. The zero-order chi connectivity index (χ0) is 16.4. The summed E-state index contributed by atoms with van der Waals surface area (Å²) >= 11 is 0. The number of benzene rings is 1. The van der Waals surface area contributed by atoms with Crippen molar-refractivity contribution >= 4 is 5.82 Å². The van der Waals surface area contributed by atoms with Crippen molar-refractivity contribution in [1.29, 1.82) is 5.26 Å². The zero-order valence-corrected chi connectivity index (χ0v) is 13.9. The number of rotatable bonds is 2. The Morgan fingerprint density at radius 1 is 1.00 bits per heavy atom. The van der Waals surface area contributed by atoms with Gasteiger partial charge in [-0.2, -0.15) is 5.26 Å². The standard InChI is InChI=1S/C20H22N4/c21-14-18-16-8-4-5-9-17(16)19(15-6-2-1-3-7-15)23-20(18)24-12-10-22-11-13-24/h1-3,6-7,22H,4-5,8-13H2. The Balaban J connectivity index is 1.92. The second-order valence-corrected chi connectivity index (χ2v) is 6.54. The second-order valence-electron chi connectivity index (χ2n) is 6.54.